The molecule has 3 aromatic rings. The number of amides is 1. The van der Waals surface area contributed by atoms with E-state index in [0.717, 1.165) is 16.9 Å². The van der Waals surface area contributed by atoms with E-state index in [1.807, 2.05) is 43.3 Å². The Labute approximate surface area is 162 Å². The van der Waals surface area contributed by atoms with Gasteiger partial charge in [0.15, 0.2) is 0 Å². The Hall–Kier alpha value is -2.86. The third-order valence-electron chi connectivity index (χ3n) is 3.86. The van der Waals surface area contributed by atoms with Gasteiger partial charge in [-0.15, -0.1) is 0 Å². The monoisotopic (exact) mass is 385 g/mol. The van der Waals surface area contributed by atoms with E-state index in [1.165, 1.54) is 0 Å². The van der Waals surface area contributed by atoms with E-state index in [9.17, 15) is 4.79 Å². The van der Waals surface area contributed by atoms with E-state index in [-0.39, 0.29) is 12.3 Å². The summed E-state index contributed by atoms with van der Waals surface area (Å²) in [7, 11) is 0. The van der Waals surface area contributed by atoms with E-state index in [0.29, 0.717) is 36.3 Å². The van der Waals surface area contributed by atoms with Crippen molar-refractivity contribution in [1.82, 2.24) is 15.5 Å². The zero-order valence-electron chi connectivity index (χ0n) is 14.9. The minimum Gasteiger partial charge on any atom is -0.494 e. The van der Waals surface area contributed by atoms with Gasteiger partial charge in [-0.25, -0.2) is 0 Å². The molecule has 6 nitrogen and oxygen atoms in total. The summed E-state index contributed by atoms with van der Waals surface area (Å²) in [5.41, 5.74) is 1.82. The number of aryl methyl sites for hydroxylation is 1. The fourth-order valence-corrected chi connectivity index (χ4v) is 2.58. The molecule has 0 fully saturated rings. The quantitative estimate of drug-likeness (QED) is 0.633. The van der Waals surface area contributed by atoms with Crippen LogP contribution in [0.15, 0.2) is 53.1 Å². The lowest BCUT2D eigenvalue weighted by Crippen LogP contribution is -2.23. The molecule has 1 N–H and O–H groups in total. The average molecular weight is 386 g/mol. The third-order valence-corrected chi connectivity index (χ3v) is 4.11. The fourth-order valence-electron chi connectivity index (χ4n) is 2.45. The van der Waals surface area contributed by atoms with E-state index in [4.69, 9.17) is 20.9 Å². The lowest BCUT2D eigenvalue weighted by molar-refractivity contribution is -0.121. The van der Waals surface area contributed by atoms with Crippen LogP contribution in [0, 0.1) is 0 Å². The molecule has 1 heterocycles. The molecule has 2 aromatic carbocycles. The summed E-state index contributed by atoms with van der Waals surface area (Å²) in [5.74, 6) is 1.64. The van der Waals surface area contributed by atoms with Crippen molar-refractivity contribution in [3.63, 3.8) is 0 Å². The van der Waals surface area contributed by atoms with Crippen LogP contribution < -0.4 is 10.1 Å². The summed E-state index contributed by atoms with van der Waals surface area (Å²) in [5, 5.41) is 7.50. The first-order chi connectivity index (χ1) is 13.1. The molecule has 0 aliphatic carbocycles. The predicted molar refractivity (Wildman–Crippen MR) is 103 cm³/mol. The minimum atomic E-state index is -0.0780. The first kappa shape index (κ1) is 18.9. The van der Waals surface area contributed by atoms with Crippen LogP contribution in [-0.4, -0.2) is 22.7 Å². The van der Waals surface area contributed by atoms with Crippen molar-refractivity contribution < 1.29 is 14.1 Å². The highest BCUT2D eigenvalue weighted by Crippen LogP contribution is 2.20. The van der Waals surface area contributed by atoms with Crippen molar-refractivity contribution in [2.45, 2.75) is 26.3 Å². The van der Waals surface area contributed by atoms with Gasteiger partial charge in [0.2, 0.25) is 17.6 Å². The van der Waals surface area contributed by atoms with Crippen LogP contribution in [-0.2, 0) is 17.8 Å². The van der Waals surface area contributed by atoms with Crippen LogP contribution in [0.5, 0.6) is 5.75 Å². The number of carbonyl (C=O) groups excluding carboxylic acids is 1. The van der Waals surface area contributed by atoms with Gasteiger partial charge in [-0.05, 0) is 48.9 Å². The average Bonchev–Trinajstić information content (AvgIpc) is 3.16. The maximum Gasteiger partial charge on any atom is 0.227 e. The molecule has 1 aromatic heterocycles. The number of rotatable bonds is 8. The predicted octanol–water partition coefficient (Wildman–Crippen LogP) is 4.04. The topological polar surface area (TPSA) is 77.2 Å². The molecule has 3 rings (SSSR count). The lowest BCUT2D eigenvalue weighted by Gasteiger charge is -2.04. The Kier molecular flexibility index (Phi) is 6.44. The van der Waals surface area contributed by atoms with Crippen molar-refractivity contribution in [1.29, 1.82) is 0 Å². The smallest absolute Gasteiger partial charge is 0.227 e. The third kappa shape index (κ3) is 5.56. The van der Waals surface area contributed by atoms with Gasteiger partial charge >= 0.3 is 0 Å². The van der Waals surface area contributed by atoms with Crippen molar-refractivity contribution in [2.75, 3.05) is 6.61 Å². The number of benzene rings is 2. The number of nitrogens with zero attached hydrogens (tertiary/aromatic N) is 2. The normalized spacial score (nSPS) is 10.6. The highest BCUT2D eigenvalue weighted by atomic mass is 35.5. The van der Waals surface area contributed by atoms with Crippen LogP contribution >= 0.6 is 11.6 Å². The van der Waals surface area contributed by atoms with Crippen molar-refractivity contribution in [3.05, 3.63) is 65.0 Å². The van der Waals surface area contributed by atoms with Crippen molar-refractivity contribution >= 4 is 17.5 Å². The maximum absolute atomic E-state index is 12.0. The first-order valence-corrected chi connectivity index (χ1v) is 9.09. The van der Waals surface area contributed by atoms with Crippen LogP contribution in [0.1, 0.15) is 24.8 Å². The molecule has 0 radical (unpaired) electrons. The molecule has 140 valence electrons. The number of hydrogen-bond donors (Lipinski definition) is 1. The zero-order valence-corrected chi connectivity index (χ0v) is 15.7. The molecule has 7 heteroatoms. The van der Waals surface area contributed by atoms with Gasteiger partial charge < -0.3 is 14.6 Å². The highest BCUT2D eigenvalue weighted by molar-refractivity contribution is 6.30. The second-order valence-corrected chi connectivity index (χ2v) is 6.31. The minimum absolute atomic E-state index is 0.0780. The second kappa shape index (κ2) is 9.19. The highest BCUT2D eigenvalue weighted by Gasteiger charge is 2.11. The molecular weight excluding hydrogens is 366 g/mol. The Morgan fingerprint density at radius 3 is 2.59 bits per heavy atom. The Bertz CT molecular complexity index is 876. The van der Waals surface area contributed by atoms with Crippen LogP contribution in [0.4, 0.5) is 0 Å². The number of hydrogen-bond acceptors (Lipinski definition) is 5. The number of nitrogens with one attached hydrogen (secondary N) is 1. The molecule has 0 spiro atoms. The summed E-state index contributed by atoms with van der Waals surface area (Å²) in [6.45, 7) is 3.01. The summed E-state index contributed by atoms with van der Waals surface area (Å²) >= 11 is 5.84. The number of carbonyl (C=O) groups is 1. The van der Waals surface area contributed by atoms with Gasteiger partial charge in [0.25, 0.3) is 0 Å². The standard InChI is InChI=1S/C20H20ClN3O3/c1-2-26-17-9-5-15(6-10-17)20-23-19(27-24-20)12-11-18(25)22-13-14-3-7-16(21)8-4-14/h3-10H,2,11-13H2,1H3,(H,22,25). The fraction of sp³-hybridized carbons (Fsp3) is 0.250. The SMILES string of the molecule is CCOc1ccc(-c2noc(CCC(=O)NCc3ccc(Cl)cc3)n2)cc1. The van der Waals surface area contributed by atoms with Gasteiger partial charge in [-0.2, -0.15) is 4.98 Å². The van der Waals surface area contributed by atoms with E-state index >= 15 is 0 Å². The molecule has 0 aliphatic rings. The lowest BCUT2D eigenvalue weighted by atomic mass is 10.2. The number of halogens is 1. The second-order valence-electron chi connectivity index (χ2n) is 5.87. The summed E-state index contributed by atoms with van der Waals surface area (Å²) in [4.78, 5) is 16.3. The largest absolute Gasteiger partial charge is 0.494 e. The Morgan fingerprint density at radius 1 is 1.15 bits per heavy atom. The molecule has 0 atom stereocenters. The molecule has 0 saturated heterocycles. The summed E-state index contributed by atoms with van der Waals surface area (Å²) < 4.78 is 10.6. The molecular formula is C20H20ClN3O3. The maximum atomic E-state index is 12.0. The van der Waals surface area contributed by atoms with Crippen LogP contribution in [0.3, 0.4) is 0 Å². The van der Waals surface area contributed by atoms with Gasteiger partial charge in [0.05, 0.1) is 6.61 Å². The Morgan fingerprint density at radius 2 is 1.89 bits per heavy atom. The number of ether oxygens (including phenoxy) is 1. The van der Waals surface area contributed by atoms with Crippen LogP contribution in [0.2, 0.25) is 5.02 Å². The van der Waals surface area contributed by atoms with Gasteiger partial charge in [0.1, 0.15) is 5.75 Å². The molecule has 1 amide bonds. The van der Waals surface area contributed by atoms with E-state index in [2.05, 4.69) is 15.5 Å². The summed E-state index contributed by atoms with van der Waals surface area (Å²) in [6, 6.07) is 14.8. The van der Waals surface area contributed by atoms with Gasteiger partial charge in [0, 0.05) is 30.0 Å². The van der Waals surface area contributed by atoms with E-state index < -0.39 is 0 Å². The van der Waals surface area contributed by atoms with Crippen molar-refractivity contribution in [3.8, 4) is 17.1 Å². The molecule has 0 bridgehead atoms. The van der Waals surface area contributed by atoms with E-state index in [1.54, 1.807) is 12.1 Å². The van der Waals surface area contributed by atoms with Crippen molar-refractivity contribution in [2.24, 2.45) is 0 Å². The molecule has 0 aliphatic heterocycles. The number of aromatic nitrogens is 2. The molecule has 0 unspecified atom stereocenters. The van der Waals surface area contributed by atoms with Gasteiger partial charge in [-0.3, -0.25) is 4.79 Å². The molecule has 0 saturated carbocycles. The van der Waals surface area contributed by atoms with Gasteiger partial charge in [-0.1, -0.05) is 28.9 Å². The Balaban J connectivity index is 1.48. The first-order valence-electron chi connectivity index (χ1n) is 8.71. The zero-order chi connectivity index (χ0) is 19.1. The van der Waals surface area contributed by atoms with Crippen LogP contribution in [0.25, 0.3) is 11.4 Å². The summed E-state index contributed by atoms with van der Waals surface area (Å²) in [6.07, 6.45) is 0.662. The molecule has 27 heavy (non-hydrogen) atoms.